The Hall–Kier alpha value is -1.22. The van der Waals surface area contributed by atoms with E-state index in [1.54, 1.807) is 12.4 Å². The van der Waals surface area contributed by atoms with Crippen molar-refractivity contribution in [2.45, 2.75) is 5.33 Å². The van der Waals surface area contributed by atoms with E-state index < -0.39 is 0 Å². The van der Waals surface area contributed by atoms with Gasteiger partial charge < -0.3 is 0 Å². The SMILES string of the molecule is BrCc1ccc(-c2ncccn2)cc1. The van der Waals surface area contributed by atoms with E-state index in [2.05, 4.69) is 38.0 Å². The maximum Gasteiger partial charge on any atom is 0.159 e. The predicted molar refractivity (Wildman–Crippen MR) is 60.1 cm³/mol. The van der Waals surface area contributed by atoms with Crippen LogP contribution in [0.15, 0.2) is 42.7 Å². The normalized spacial score (nSPS) is 10.1. The minimum Gasteiger partial charge on any atom is -0.237 e. The summed E-state index contributed by atoms with van der Waals surface area (Å²) < 4.78 is 0. The molecule has 0 bridgehead atoms. The highest BCUT2D eigenvalue weighted by atomic mass is 79.9. The maximum absolute atomic E-state index is 4.18. The minimum absolute atomic E-state index is 0.772. The van der Waals surface area contributed by atoms with Crippen LogP contribution in [0, 0.1) is 0 Å². The largest absolute Gasteiger partial charge is 0.237 e. The van der Waals surface area contributed by atoms with Crippen molar-refractivity contribution < 1.29 is 0 Å². The van der Waals surface area contributed by atoms with Gasteiger partial charge in [-0.3, -0.25) is 0 Å². The van der Waals surface area contributed by atoms with Gasteiger partial charge in [0.15, 0.2) is 5.82 Å². The van der Waals surface area contributed by atoms with E-state index in [1.165, 1.54) is 5.56 Å². The summed E-state index contributed by atoms with van der Waals surface area (Å²) in [5, 5.41) is 0.878. The number of benzene rings is 1. The Morgan fingerprint density at radius 1 is 1.00 bits per heavy atom. The molecule has 0 radical (unpaired) electrons. The van der Waals surface area contributed by atoms with Crippen molar-refractivity contribution in [2.75, 3.05) is 0 Å². The molecule has 0 N–H and O–H groups in total. The topological polar surface area (TPSA) is 25.8 Å². The molecule has 3 heteroatoms. The molecule has 14 heavy (non-hydrogen) atoms. The van der Waals surface area contributed by atoms with Crippen LogP contribution in [-0.4, -0.2) is 9.97 Å². The van der Waals surface area contributed by atoms with Gasteiger partial charge in [-0.2, -0.15) is 0 Å². The summed E-state index contributed by atoms with van der Waals surface area (Å²) in [6, 6.07) is 10.0. The summed E-state index contributed by atoms with van der Waals surface area (Å²) in [6.07, 6.45) is 3.50. The monoisotopic (exact) mass is 248 g/mol. The lowest BCUT2D eigenvalue weighted by atomic mass is 10.1. The first kappa shape index (κ1) is 9.34. The molecule has 0 spiro atoms. The zero-order valence-corrected chi connectivity index (χ0v) is 9.11. The van der Waals surface area contributed by atoms with Gasteiger partial charge in [0.2, 0.25) is 0 Å². The van der Waals surface area contributed by atoms with Crippen LogP contribution in [0.4, 0.5) is 0 Å². The fraction of sp³-hybridized carbons (Fsp3) is 0.0909. The molecule has 0 saturated heterocycles. The highest BCUT2D eigenvalue weighted by molar-refractivity contribution is 9.08. The number of alkyl halides is 1. The van der Waals surface area contributed by atoms with Gasteiger partial charge in [-0.25, -0.2) is 9.97 Å². The van der Waals surface area contributed by atoms with Crippen molar-refractivity contribution in [2.24, 2.45) is 0 Å². The van der Waals surface area contributed by atoms with Crippen molar-refractivity contribution >= 4 is 15.9 Å². The summed E-state index contributed by atoms with van der Waals surface area (Å²) in [4.78, 5) is 8.36. The van der Waals surface area contributed by atoms with E-state index in [0.29, 0.717) is 0 Å². The van der Waals surface area contributed by atoms with Gasteiger partial charge in [-0.1, -0.05) is 40.2 Å². The average Bonchev–Trinajstić information content (AvgIpc) is 2.30. The first-order valence-corrected chi connectivity index (χ1v) is 5.44. The zero-order valence-electron chi connectivity index (χ0n) is 7.52. The van der Waals surface area contributed by atoms with Crippen LogP contribution in [0.1, 0.15) is 5.56 Å². The second-order valence-corrected chi connectivity index (χ2v) is 3.46. The molecular weight excluding hydrogens is 240 g/mol. The molecule has 70 valence electrons. The van der Waals surface area contributed by atoms with Crippen LogP contribution in [0.5, 0.6) is 0 Å². The van der Waals surface area contributed by atoms with Gasteiger partial charge in [-0.05, 0) is 11.6 Å². The smallest absolute Gasteiger partial charge is 0.159 e. The standard InChI is InChI=1S/C11H9BrN2/c12-8-9-2-4-10(5-3-9)11-13-6-1-7-14-11/h1-7H,8H2. The first-order chi connectivity index (χ1) is 6.90. The predicted octanol–water partition coefficient (Wildman–Crippen LogP) is 3.04. The lowest BCUT2D eigenvalue weighted by molar-refractivity contribution is 1.17. The molecule has 0 atom stereocenters. The van der Waals surface area contributed by atoms with E-state index in [9.17, 15) is 0 Å². The van der Waals surface area contributed by atoms with Gasteiger partial charge in [0.1, 0.15) is 0 Å². The van der Waals surface area contributed by atoms with Crippen molar-refractivity contribution in [1.82, 2.24) is 9.97 Å². The van der Waals surface area contributed by atoms with Gasteiger partial charge in [-0.15, -0.1) is 0 Å². The van der Waals surface area contributed by atoms with Crippen LogP contribution in [0.25, 0.3) is 11.4 Å². The fourth-order valence-corrected chi connectivity index (χ4v) is 1.56. The molecule has 0 aliphatic rings. The summed E-state index contributed by atoms with van der Waals surface area (Å²) >= 11 is 3.41. The number of hydrogen-bond donors (Lipinski definition) is 0. The van der Waals surface area contributed by atoms with Crippen molar-refractivity contribution in [1.29, 1.82) is 0 Å². The Morgan fingerprint density at radius 2 is 1.64 bits per heavy atom. The second-order valence-electron chi connectivity index (χ2n) is 2.90. The molecule has 2 aromatic rings. The van der Waals surface area contributed by atoms with Crippen LogP contribution < -0.4 is 0 Å². The molecule has 0 unspecified atom stereocenters. The number of aromatic nitrogens is 2. The van der Waals surface area contributed by atoms with Crippen LogP contribution >= 0.6 is 15.9 Å². The zero-order chi connectivity index (χ0) is 9.80. The van der Waals surface area contributed by atoms with Crippen LogP contribution in [-0.2, 0) is 5.33 Å². The third kappa shape index (κ3) is 1.99. The highest BCUT2D eigenvalue weighted by Crippen LogP contribution is 2.15. The first-order valence-electron chi connectivity index (χ1n) is 4.32. The Balaban J connectivity index is 2.34. The van der Waals surface area contributed by atoms with E-state index >= 15 is 0 Å². The molecule has 0 fully saturated rings. The quantitative estimate of drug-likeness (QED) is 0.764. The Morgan fingerprint density at radius 3 is 2.21 bits per heavy atom. The van der Waals surface area contributed by atoms with Gasteiger partial charge >= 0.3 is 0 Å². The van der Waals surface area contributed by atoms with Crippen molar-refractivity contribution in [3.63, 3.8) is 0 Å². The molecular formula is C11H9BrN2. The van der Waals surface area contributed by atoms with E-state index in [-0.39, 0.29) is 0 Å². The summed E-state index contributed by atoms with van der Waals surface area (Å²) in [6.45, 7) is 0. The van der Waals surface area contributed by atoms with Crippen molar-refractivity contribution in [3.05, 3.63) is 48.3 Å². The summed E-state index contributed by atoms with van der Waals surface area (Å²) in [5.41, 5.74) is 2.31. The lowest BCUT2D eigenvalue weighted by Crippen LogP contribution is -1.86. The molecule has 1 heterocycles. The van der Waals surface area contributed by atoms with E-state index in [0.717, 1.165) is 16.7 Å². The molecule has 2 rings (SSSR count). The third-order valence-electron chi connectivity index (χ3n) is 1.93. The molecule has 1 aromatic heterocycles. The average molecular weight is 249 g/mol. The molecule has 0 aliphatic carbocycles. The lowest BCUT2D eigenvalue weighted by Gasteiger charge is -1.99. The van der Waals surface area contributed by atoms with E-state index in [1.807, 2.05) is 18.2 Å². The maximum atomic E-state index is 4.18. The third-order valence-corrected chi connectivity index (χ3v) is 2.58. The van der Waals surface area contributed by atoms with Gasteiger partial charge in [0, 0.05) is 23.3 Å². The van der Waals surface area contributed by atoms with Gasteiger partial charge in [0.05, 0.1) is 0 Å². The van der Waals surface area contributed by atoms with Crippen molar-refractivity contribution in [3.8, 4) is 11.4 Å². The molecule has 0 amide bonds. The van der Waals surface area contributed by atoms with Crippen LogP contribution in [0.3, 0.4) is 0 Å². The molecule has 0 aliphatic heterocycles. The van der Waals surface area contributed by atoms with E-state index in [4.69, 9.17) is 0 Å². The molecule has 1 aromatic carbocycles. The minimum atomic E-state index is 0.772. The molecule has 0 saturated carbocycles. The molecule has 2 nitrogen and oxygen atoms in total. The highest BCUT2D eigenvalue weighted by Gasteiger charge is 1.98. The van der Waals surface area contributed by atoms with Crippen LogP contribution in [0.2, 0.25) is 0 Å². The number of rotatable bonds is 2. The number of halogens is 1. The fourth-order valence-electron chi connectivity index (χ4n) is 1.19. The number of hydrogen-bond acceptors (Lipinski definition) is 2. The van der Waals surface area contributed by atoms with Gasteiger partial charge in [0.25, 0.3) is 0 Å². The Kier molecular flexibility index (Phi) is 2.89. The summed E-state index contributed by atoms with van der Waals surface area (Å²) in [5.74, 6) is 0.772. The Labute approximate surface area is 91.2 Å². The number of nitrogens with zero attached hydrogens (tertiary/aromatic N) is 2. The summed E-state index contributed by atoms with van der Waals surface area (Å²) in [7, 11) is 0. The Bertz CT molecular complexity index is 397. The second kappa shape index (κ2) is 4.33.